The van der Waals surface area contributed by atoms with Crippen LogP contribution in [0.4, 0.5) is 0 Å². The molecular weight excluding hydrogens is 258 g/mol. The third-order valence-corrected chi connectivity index (χ3v) is 3.65. The van der Waals surface area contributed by atoms with Gasteiger partial charge in [0.05, 0.1) is 7.11 Å². The van der Waals surface area contributed by atoms with E-state index in [0.29, 0.717) is 0 Å². The lowest BCUT2D eigenvalue weighted by Crippen LogP contribution is -2.12. The maximum absolute atomic E-state index is 6.33. The van der Waals surface area contributed by atoms with E-state index in [1.807, 2.05) is 43.4 Å². The van der Waals surface area contributed by atoms with Crippen LogP contribution in [0.1, 0.15) is 18.5 Å². The molecule has 0 amide bonds. The highest BCUT2D eigenvalue weighted by Crippen LogP contribution is 2.36. The summed E-state index contributed by atoms with van der Waals surface area (Å²) in [6.07, 6.45) is 0. The van der Waals surface area contributed by atoms with Crippen LogP contribution in [0.3, 0.4) is 0 Å². The first-order chi connectivity index (χ1) is 9.17. The van der Waals surface area contributed by atoms with Crippen molar-refractivity contribution in [1.82, 2.24) is 5.32 Å². The number of rotatable bonds is 4. The minimum Gasteiger partial charge on any atom is -0.496 e. The lowest BCUT2D eigenvalue weighted by Gasteiger charge is -2.15. The number of nitrogens with one attached hydrogen (secondary N) is 1. The van der Waals surface area contributed by atoms with E-state index < -0.39 is 0 Å². The molecule has 100 valence electrons. The highest BCUT2D eigenvalue weighted by molar-refractivity contribution is 6.33. The Morgan fingerprint density at radius 2 is 1.84 bits per heavy atom. The quantitative estimate of drug-likeness (QED) is 0.898. The molecule has 0 heterocycles. The van der Waals surface area contributed by atoms with Crippen molar-refractivity contribution in [1.29, 1.82) is 0 Å². The van der Waals surface area contributed by atoms with E-state index in [4.69, 9.17) is 16.3 Å². The predicted molar refractivity (Wildman–Crippen MR) is 80.9 cm³/mol. The Bertz CT molecular complexity index is 568. The molecule has 1 unspecified atom stereocenters. The molecule has 0 radical (unpaired) electrons. The van der Waals surface area contributed by atoms with Gasteiger partial charge in [-0.15, -0.1) is 0 Å². The second-order valence-electron chi connectivity index (χ2n) is 4.45. The average Bonchev–Trinajstić information content (AvgIpc) is 2.47. The first-order valence-electron chi connectivity index (χ1n) is 6.27. The van der Waals surface area contributed by atoms with Gasteiger partial charge in [0.15, 0.2) is 0 Å². The van der Waals surface area contributed by atoms with Crippen LogP contribution in [0.15, 0.2) is 42.5 Å². The topological polar surface area (TPSA) is 21.3 Å². The third kappa shape index (κ3) is 2.91. The van der Waals surface area contributed by atoms with Gasteiger partial charge >= 0.3 is 0 Å². The zero-order valence-electron chi connectivity index (χ0n) is 11.4. The van der Waals surface area contributed by atoms with Gasteiger partial charge in [-0.25, -0.2) is 0 Å². The molecule has 0 spiro atoms. The van der Waals surface area contributed by atoms with Crippen LogP contribution in [0, 0.1) is 0 Å². The zero-order chi connectivity index (χ0) is 13.8. The summed E-state index contributed by atoms with van der Waals surface area (Å²) in [5.74, 6) is 0.832. The molecule has 0 aromatic heterocycles. The van der Waals surface area contributed by atoms with Gasteiger partial charge in [-0.2, -0.15) is 0 Å². The molecule has 0 fully saturated rings. The summed E-state index contributed by atoms with van der Waals surface area (Å²) in [5, 5.41) is 3.97. The summed E-state index contributed by atoms with van der Waals surface area (Å²) in [6.45, 7) is 2.12. The summed E-state index contributed by atoms with van der Waals surface area (Å²) in [5.41, 5.74) is 3.21. The van der Waals surface area contributed by atoms with Gasteiger partial charge in [0.25, 0.3) is 0 Å². The number of ether oxygens (including phenoxy) is 1. The van der Waals surface area contributed by atoms with E-state index in [1.165, 1.54) is 5.56 Å². The fourth-order valence-electron chi connectivity index (χ4n) is 2.05. The maximum Gasteiger partial charge on any atom is 0.126 e. The van der Waals surface area contributed by atoms with Crippen LogP contribution in [-0.2, 0) is 0 Å². The van der Waals surface area contributed by atoms with Crippen molar-refractivity contribution >= 4 is 11.6 Å². The van der Waals surface area contributed by atoms with Crippen molar-refractivity contribution < 1.29 is 4.74 Å². The summed E-state index contributed by atoms with van der Waals surface area (Å²) >= 11 is 6.33. The fourth-order valence-corrected chi connectivity index (χ4v) is 2.27. The lowest BCUT2D eigenvalue weighted by atomic mass is 9.99. The fraction of sp³-hybridized carbons (Fsp3) is 0.250. The van der Waals surface area contributed by atoms with E-state index in [9.17, 15) is 0 Å². The van der Waals surface area contributed by atoms with E-state index in [1.54, 1.807) is 7.11 Å². The zero-order valence-corrected chi connectivity index (χ0v) is 12.2. The largest absolute Gasteiger partial charge is 0.496 e. The summed E-state index contributed by atoms with van der Waals surface area (Å²) in [6, 6.07) is 14.3. The van der Waals surface area contributed by atoms with Gasteiger partial charge < -0.3 is 10.1 Å². The van der Waals surface area contributed by atoms with Crippen LogP contribution in [-0.4, -0.2) is 14.2 Å². The third-order valence-electron chi connectivity index (χ3n) is 3.32. The number of halogens is 1. The van der Waals surface area contributed by atoms with Gasteiger partial charge in [-0.3, -0.25) is 0 Å². The maximum atomic E-state index is 6.33. The predicted octanol–water partition coefficient (Wildman–Crippen LogP) is 4.30. The van der Waals surface area contributed by atoms with Gasteiger partial charge in [0.2, 0.25) is 0 Å². The molecule has 0 aliphatic rings. The monoisotopic (exact) mass is 275 g/mol. The molecule has 2 aromatic rings. The number of para-hydroxylation sites is 1. The number of benzene rings is 2. The Labute approximate surface area is 119 Å². The Balaban J connectivity index is 2.54. The van der Waals surface area contributed by atoms with Gasteiger partial charge in [-0.05, 0) is 37.7 Å². The smallest absolute Gasteiger partial charge is 0.126 e. The van der Waals surface area contributed by atoms with E-state index in [-0.39, 0.29) is 6.04 Å². The van der Waals surface area contributed by atoms with Crippen LogP contribution in [0.5, 0.6) is 5.75 Å². The van der Waals surface area contributed by atoms with E-state index >= 15 is 0 Å². The molecule has 1 N–H and O–H groups in total. The highest BCUT2D eigenvalue weighted by atomic mass is 35.5. The number of hydrogen-bond donors (Lipinski definition) is 1. The molecule has 19 heavy (non-hydrogen) atoms. The molecule has 0 bridgehead atoms. The van der Waals surface area contributed by atoms with Crippen LogP contribution in [0.25, 0.3) is 11.1 Å². The summed E-state index contributed by atoms with van der Waals surface area (Å²) < 4.78 is 5.41. The van der Waals surface area contributed by atoms with Gasteiger partial charge in [0, 0.05) is 22.2 Å². The van der Waals surface area contributed by atoms with E-state index in [2.05, 4.69) is 18.3 Å². The summed E-state index contributed by atoms with van der Waals surface area (Å²) in [7, 11) is 3.62. The lowest BCUT2D eigenvalue weighted by molar-refractivity contribution is 0.416. The average molecular weight is 276 g/mol. The first-order valence-corrected chi connectivity index (χ1v) is 6.65. The molecule has 2 rings (SSSR count). The first kappa shape index (κ1) is 13.9. The van der Waals surface area contributed by atoms with Gasteiger partial charge in [-0.1, -0.05) is 35.9 Å². The number of methoxy groups -OCH3 is 1. The van der Waals surface area contributed by atoms with Crippen LogP contribution >= 0.6 is 11.6 Å². The molecular formula is C16H18ClNO. The second kappa shape index (κ2) is 6.09. The van der Waals surface area contributed by atoms with Crippen molar-refractivity contribution in [3.8, 4) is 16.9 Å². The summed E-state index contributed by atoms with van der Waals surface area (Å²) in [4.78, 5) is 0. The van der Waals surface area contributed by atoms with Crippen LogP contribution < -0.4 is 10.1 Å². The molecule has 2 nitrogen and oxygen atoms in total. The Kier molecular flexibility index (Phi) is 4.46. The molecule has 0 saturated heterocycles. The molecule has 0 aliphatic carbocycles. The standard InChI is InChI=1S/C16H18ClNO/c1-11(18-2)12-8-9-15(17)14(10-12)13-6-4-5-7-16(13)19-3/h4-11,18H,1-3H3. The number of hydrogen-bond acceptors (Lipinski definition) is 2. The second-order valence-corrected chi connectivity index (χ2v) is 4.86. The van der Waals surface area contributed by atoms with Crippen molar-refractivity contribution in [3.63, 3.8) is 0 Å². The molecule has 2 aromatic carbocycles. The minimum absolute atomic E-state index is 0.283. The normalized spacial score (nSPS) is 12.2. The van der Waals surface area contributed by atoms with Crippen molar-refractivity contribution in [2.75, 3.05) is 14.2 Å². The minimum atomic E-state index is 0.283. The highest BCUT2D eigenvalue weighted by Gasteiger charge is 2.11. The van der Waals surface area contributed by atoms with Crippen molar-refractivity contribution in [2.24, 2.45) is 0 Å². The van der Waals surface area contributed by atoms with Gasteiger partial charge in [0.1, 0.15) is 5.75 Å². The molecule has 3 heteroatoms. The van der Waals surface area contributed by atoms with E-state index in [0.717, 1.165) is 21.9 Å². The van der Waals surface area contributed by atoms with Crippen molar-refractivity contribution in [2.45, 2.75) is 13.0 Å². The molecule has 0 aliphatic heterocycles. The Morgan fingerprint density at radius 3 is 2.53 bits per heavy atom. The molecule has 0 saturated carbocycles. The van der Waals surface area contributed by atoms with Crippen LogP contribution in [0.2, 0.25) is 5.02 Å². The Morgan fingerprint density at radius 1 is 1.11 bits per heavy atom. The Hall–Kier alpha value is -1.51. The SMILES string of the molecule is CNC(C)c1ccc(Cl)c(-c2ccccc2OC)c1. The molecule has 1 atom stereocenters. The van der Waals surface area contributed by atoms with Crippen molar-refractivity contribution in [3.05, 3.63) is 53.1 Å².